The maximum Gasteiger partial charge on any atom is 0.224 e. The Balaban J connectivity index is 2.18. The van der Waals surface area contributed by atoms with Crippen LogP contribution in [0.4, 0.5) is 0 Å². The highest BCUT2D eigenvalue weighted by molar-refractivity contribution is 6.19. The minimum atomic E-state index is -0.146. The van der Waals surface area contributed by atoms with Gasteiger partial charge in [-0.25, -0.2) is 0 Å². The van der Waals surface area contributed by atoms with Crippen molar-refractivity contribution in [2.75, 3.05) is 12.4 Å². The molecule has 0 fully saturated rings. The maximum absolute atomic E-state index is 11.3. The number of alkyl halides is 1. The lowest BCUT2D eigenvalue weighted by Gasteiger charge is -2.08. The van der Waals surface area contributed by atoms with Crippen LogP contribution >= 0.6 is 11.6 Å². The lowest BCUT2D eigenvalue weighted by molar-refractivity contribution is -0.123. The van der Waals surface area contributed by atoms with Crippen LogP contribution in [-0.2, 0) is 11.3 Å². The standard InChI is InChI=1S/C8H13ClN4O/c1-7(6-9)8(14)10-2-4-13-5-3-11-12-13/h3,5,7H,2,4,6H2,1H3,(H,10,14). The molecule has 1 amide bonds. The first kappa shape index (κ1) is 11.0. The third kappa shape index (κ3) is 3.33. The van der Waals surface area contributed by atoms with E-state index in [1.807, 2.05) is 0 Å². The normalized spacial score (nSPS) is 12.4. The summed E-state index contributed by atoms with van der Waals surface area (Å²) in [6.07, 6.45) is 3.35. The highest BCUT2D eigenvalue weighted by atomic mass is 35.5. The summed E-state index contributed by atoms with van der Waals surface area (Å²) >= 11 is 5.54. The SMILES string of the molecule is CC(CCl)C(=O)NCCn1ccnn1. The third-order valence-electron chi connectivity index (χ3n) is 1.79. The molecule has 6 heteroatoms. The molecular weight excluding hydrogens is 204 g/mol. The first-order valence-corrected chi connectivity index (χ1v) is 4.95. The summed E-state index contributed by atoms with van der Waals surface area (Å²) in [7, 11) is 0. The molecule has 0 aromatic carbocycles. The first-order valence-electron chi connectivity index (χ1n) is 4.42. The summed E-state index contributed by atoms with van der Waals surface area (Å²) in [5, 5.41) is 10.2. The van der Waals surface area contributed by atoms with E-state index in [4.69, 9.17) is 11.6 Å². The zero-order valence-corrected chi connectivity index (χ0v) is 8.74. The quantitative estimate of drug-likeness (QED) is 0.719. The minimum absolute atomic E-state index is 0.0277. The van der Waals surface area contributed by atoms with Gasteiger partial charge in [-0.2, -0.15) is 0 Å². The summed E-state index contributed by atoms with van der Waals surface area (Å²) in [5.74, 6) is 0.169. The van der Waals surface area contributed by atoms with E-state index in [0.29, 0.717) is 19.0 Å². The van der Waals surface area contributed by atoms with Gasteiger partial charge in [0.2, 0.25) is 5.91 Å². The predicted octanol–water partition coefficient (Wildman–Crippen LogP) is 0.269. The summed E-state index contributed by atoms with van der Waals surface area (Å²) in [5.41, 5.74) is 0. The minimum Gasteiger partial charge on any atom is -0.354 e. The van der Waals surface area contributed by atoms with Crippen LogP contribution < -0.4 is 5.32 Å². The van der Waals surface area contributed by atoms with Crippen LogP contribution in [-0.4, -0.2) is 33.3 Å². The molecule has 0 aliphatic heterocycles. The van der Waals surface area contributed by atoms with Gasteiger partial charge in [0.25, 0.3) is 0 Å². The largest absolute Gasteiger partial charge is 0.354 e. The molecule has 1 heterocycles. The molecule has 1 unspecified atom stereocenters. The van der Waals surface area contributed by atoms with E-state index in [2.05, 4.69) is 15.6 Å². The molecule has 14 heavy (non-hydrogen) atoms. The fourth-order valence-electron chi connectivity index (χ4n) is 0.890. The van der Waals surface area contributed by atoms with Crippen LogP contribution in [0.15, 0.2) is 12.4 Å². The average molecular weight is 217 g/mol. The van der Waals surface area contributed by atoms with Crippen molar-refractivity contribution >= 4 is 17.5 Å². The van der Waals surface area contributed by atoms with Crippen molar-refractivity contribution in [1.29, 1.82) is 0 Å². The van der Waals surface area contributed by atoms with E-state index < -0.39 is 0 Å². The fraction of sp³-hybridized carbons (Fsp3) is 0.625. The van der Waals surface area contributed by atoms with E-state index >= 15 is 0 Å². The van der Waals surface area contributed by atoms with E-state index in [0.717, 1.165) is 0 Å². The molecule has 1 aromatic heterocycles. The number of hydrogen-bond acceptors (Lipinski definition) is 3. The Morgan fingerprint density at radius 1 is 1.71 bits per heavy atom. The summed E-state index contributed by atoms with van der Waals surface area (Å²) < 4.78 is 1.66. The summed E-state index contributed by atoms with van der Waals surface area (Å²) in [4.78, 5) is 11.3. The molecule has 1 rings (SSSR count). The van der Waals surface area contributed by atoms with Gasteiger partial charge < -0.3 is 5.32 Å². The Morgan fingerprint density at radius 2 is 2.50 bits per heavy atom. The van der Waals surface area contributed by atoms with Crippen LogP contribution in [0.2, 0.25) is 0 Å². The van der Waals surface area contributed by atoms with Crippen molar-refractivity contribution in [2.45, 2.75) is 13.5 Å². The number of halogens is 1. The molecule has 1 aromatic rings. The summed E-state index contributed by atoms with van der Waals surface area (Å²) in [6, 6.07) is 0. The topological polar surface area (TPSA) is 59.8 Å². The zero-order chi connectivity index (χ0) is 10.4. The van der Waals surface area contributed by atoms with E-state index in [1.165, 1.54) is 0 Å². The molecule has 0 aliphatic carbocycles. The summed E-state index contributed by atoms with van der Waals surface area (Å²) in [6.45, 7) is 2.96. The Morgan fingerprint density at radius 3 is 3.07 bits per heavy atom. The Bertz CT molecular complexity index is 275. The van der Waals surface area contributed by atoms with Gasteiger partial charge in [-0.15, -0.1) is 16.7 Å². The van der Waals surface area contributed by atoms with E-state index in [9.17, 15) is 4.79 Å². The molecule has 0 radical (unpaired) electrons. The number of carbonyl (C=O) groups excluding carboxylic acids is 1. The highest BCUT2D eigenvalue weighted by Crippen LogP contribution is 1.96. The second kappa shape index (κ2) is 5.59. The van der Waals surface area contributed by atoms with Crippen molar-refractivity contribution in [3.63, 3.8) is 0 Å². The molecule has 1 atom stereocenters. The smallest absolute Gasteiger partial charge is 0.224 e. The molecule has 78 valence electrons. The number of carbonyl (C=O) groups is 1. The monoisotopic (exact) mass is 216 g/mol. The second-order valence-electron chi connectivity index (χ2n) is 3.01. The number of amides is 1. The molecule has 0 aliphatic rings. The maximum atomic E-state index is 11.3. The van der Waals surface area contributed by atoms with Gasteiger partial charge in [0.05, 0.1) is 12.7 Å². The van der Waals surface area contributed by atoms with Crippen LogP contribution in [0.1, 0.15) is 6.92 Å². The first-order chi connectivity index (χ1) is 6.74. The van der Waals surface area contributed by atoms with E-state index in [-0.39, 0.29) is 11.8 Å². The lowest BCUT2D eigenvalue weighted by Crippen LogP contribution is -2.32. The Hall–Kier alpha value is -1.10. The van der Waals surface area contributed by atoms with E-state index in [1.54, 1.807) is 24.0 Å². The number of aromatic nitrogens is 3. The van der Waals surface area contributed by atoms with Crippen LogP contribution in [0.25, 0.3) is 0 Å². The van der Waals surface area contributed by atoms with Gasteiger partial charge in [0, 0.05) is 24.5 Å². The van der Waals surface area contributed by atoms with Gasteiger partial charge in [0.1, 0.15) is 0 Å². The molecular formula is C8H13ClN4O. The van der Waals surface area contributed by atoms with Crippen molar-refractivity contribution in [3.8, 4) is 0 Å². The Labute approximate surface area is 87.4 Å². The number of nitrogens with zero attached hydrogens (tertiary/aromatic N) is 3. The van der Waals surface area contributed by atoms with Gasteiger partial charge in [-0.1, -0.05) is 12.1 Å². The van der Waals surface area contributed by atoms with Gasteiger partial charge in [0.15, 0.2) is 0 Å². The van der Waals surface area contributed by atoms with Crippen LogP contribution in [0.5, 0.6) is 0 Å². The van der Waals surface area contributed by atoms with Gasteiger partial charge >= 0.3 is 0 Å². The third-order valence-corrected chi connectivity index (χ3v) is 2.25. The van der Waals surface area contributed by atoms with Crippen LogP contribution in [0, 0.1) is 5.92 Å². The fourth-order valence-corrected chi connectivity index (χ4v) is 1.03. The zero-order valence-electron chi connectivity index (χ0n) is 7.98. The van der Waals surface area contributed by atoms with Crippen molar-refractivity contribution in [3.05, 3.63) is 12.4 Å². The number of nitrogens with one attached hydrogen (secondary N) is 1. The molecule has 5 nitrogen and oxygen atoms in total. The predicted molar refractivity (Wildman–Crippen MR) is 52.9 cm³/mol. The van der Waals surface area contributed by atoms with Crippen molar-refractivity contribution < 1.29 is 4.79 Å². The molecule has 1 N–H and O–H groups in total. The lowest BCUT2D eigenvalue weighted by atomic mass is 10.2. The Kier molecular flexibility index (Phi) is 4.39. The van der Waals surface area contributed by atoms with Crippen molar-refractivity contribution in [2.24, 2.45) is 5.92 Å². The molecule has 0 saturated heterocycles. The molecule has 0 bridgehead atoms. The van der Waals surface area contributed by atoms with Gasteiger partial charge in [-0.05, 0) is 0 Å². The average Bonchev–Trinajstić information content (AvgIpc) is 2.69. The number of rotatable bonds is 5. The van der Waals surface area contributed by atoms with Gasteiger partial charge in [-0.3, -0.25) is 9.48 Å². The second-order valence-corrected chi connectivity index (χ2v) is 3.32. The molecule has 0 saturated carbocycles. The van der Waals surface area contributed by atoms with Crippen LogP contribution in [0.3, 0.4) is 0 Å². The number of hydrogen-bond donors (Lipinski definition) is 1. The van der Waals surface area contributed by atoms with Crippen molar-refractivity contribution in [1.82, 2.24) is 20.3 Å². The highest BCUT2D eigenvalue weighted by Gasteiger charge is 2.09. The molecule has 0 spiro atoms.